The van der Waals surface area contributed by atoms with Gasteiger partial charge in [0.25, 0.3) is 0 Å². The monoisotopic (exact) mass is 416 g/mol. The van der Waals surface area contributed by atoms with Crippen LogP contribution in [0.1, 0.15) is 29.2 Å². The van der Waals surface area contributed by atoms with Gasteiger partial charge in [-0.25, -0.2) is 0 Å². The van der Waals surface area contributed by atoms with E-state index in [-0.39, 0.29) is 12.3 Å². The summed E-state index contributed by atoms with van der Waals surface area (Å²) in [5, 5.41) is 0. The molecule has 3 aromatic carbocycles. The molecule has 1 saturated heterocycles. The van der Waals surface area contributed by atoms with E-state index in [2.05, 4.69) is 0 Å². The Labute approximate surface area is 181 Å². The van der Waals surface area contributed by atoms with Crippen molar-refractivity contribution in [3.05, 3.63) is 102 Å². The molecular formula is C25H24N2O2S. The van der Waals surface area contributed by atoms with Gasteiger partial charge in [-0.05, 0) is 30.2 Å². The van der Waals surface area contributed by atoms with Crippen LogP contribution in [0.5, 0.6) is 0 Å². The molecule has 1 fully saturated rings. The molecule has 1 aliphatic rings. The number of hydrogen-bond donors (Lipinski definition) is 1. The molecule has 1 aliphatic heterocycles. The molecule has 2 N–H and O–H groups in total. The molecule has 30 heavy (non-hydrogen) atoms. The molecule has 152 valence electrons. The van der Waals surface area contributed by atoms with Gasteiger partial charge in [-0.2, -0.15) is 0 Å². The minimum Gasteiger partial charge on any atom is -0.368 e. The largest absolute Gasteiger partial charge is 0.368 e. The first-order valence-electron chi connectivity index (χ1n) is 9.93. The van der Waals surface area contributed by atoms with Gasteiger partial charge in [-0.1, -0.05) is 78.4 Å². The van der Waals surface area contributed by atoms with E-state index in [4.69, 9.17) is 5.73 Å². The number of hydrogen-bond acceptors (Lipinski definition) is 3. The van der Waals surface area contributed by atoms with Crippen molar-refractivity contribution in [2.75, 3.05) is 0 Å². The Morgan fingerprint density at radius 3 is 2.20 bits per heavy atom. The molecule has 0 spiro atoms. The lowest BCUT2D eigenvalue weighted by Crippen LogP contribution is -2.45. The first-order chi connectivity index (χ1) is 14.5. The normalized spacial score (nSPS) is 21.0. The third-order valence-corrected chi connectivity index (χ3v) is 6.98. The second-order valence-corrected chi connectivity index (χ2v) is 9.07. The zero-order chi connectivity index (χ0) is 21.1. The maximum absolute atomic E-state index is 13.2. The molecule has 2 atom stereocenters. The summed E-state index contributed by atoms with van der Waals surface area (Å²) in [6.07, 6.45) is 0.0767. The van der Waals surface area contributed by atoms with Crippen LogP contribution < -0.4 is 5.73 Å². The van der Waals surface area contributed by atoms with Gasteiger partial charge >= 0.3 is 0 Å². The van der Waals surface area contributed by atoms with Gasteiger partial charge in [0.2, 0.25) is 11.8 Å². The molecule has 0 radical (unpaired) electrons. The smallest absolute Gasteiger partial charge is 0.237 e. The van der Waals surface area contributed by atoms with Crippen molar-refractivity contribution >= 4 is 23.6 Å². The lowest BCUT2D eigenvalue weighted by Gasteiger charge is -2.35. The van der Waals surface area contributed by atoms with Crippen LogP contribution in [0.3, 0.4) is 0 Å². The number of nitrogens with two attached hydrogens (primary N) is 1. The summed E-state index contributed by atoms with van der Waals surface area (Å²) in [5.74, 6) is -0.531. The van der Waals surface area contributed by atoms with Gasteiger partial charge in [0.15, 0.2) is 0 Å². The van der Waals surface area contributed by atoms with Crippen LogP contribution in [-0.4, -0.2) is 21.5 Å². The van der Waals surface area contributed by atoms with Crippen molar-refractivity contribution in [1.29, 1.82) is 0 Å². The summed E-state index contributed by atoms with van der Waals surface area (Å²) >= 11 is 1.40. The van der Waals surface area contributed by atoms with Crippen LogP contribution in [0.15, 0.2) is 89.8 Å². The number of aryl methyl sites for hydroxylation is 1. The molecule has 4 rings (SSSR count). The average molecular weight is 417 g/mol. The highest BCUT2D eigenvalue weighted by Gasteiger charge is 2.57. The van der Waals surface area contributed by atoms with Gasteiger partial charge in [-0.15, -0.1) is 11.8 Å². The molecule has 3 aromatic rings. The Kier molecular flexibility index (Phi) is 5.64. The Balaban J connectivity index is 1.80. The molecule has 0 aliphatic carbocycles. The highest BCUT2D eigenvalue weighted by atomic mass is 32.2. The summed E-state index contributed by atoms with van der Waals surface area (Å²) in [4.78, 5) is 28.9. The maximum Gasteiger partial charge on any atom is 0.237 e. The number of amides is 2. The molecule has 0 aromatic heterocycles. The summed E-state index contributed by atoms with van der Waals surface area (Å²) in [5.41, 5.74) is 9.09. The van der Waals surface area contributed by atoms with E-state index in [1.807, 2.05) is 91.9 Å². The average Bonchev–Trinajstić information content (AvgIpc) is 3.03. The Morgan fingerprint density at radius 1 is 1.00 bits per heavy atom. The van der Waals surface area contributed by atoms with E-state index in [0.29, 0.717) is 6.54 Å². The molecule has 2 unspecified atom stereocenters. The van der Waals surface area contributed by atoms with Crippen molar-refractivity contribution < 1.29 is 9.59 Å². The SMILES string of the molecule is Cc1ccc(SC2(C(N)=O)CC(=O)N(Cc3ccccc3)C2c2ccccc2)cc1. The lowest BCUT2D eigenvalue weighted by molar-refractivity contribution is -0.129. The molecule has 1 heterocycles. The van der Waals surface area contributed by atoms with Crippen LogP contribution in [0, 0.1) is 6.92 Å². The van der Waals surface area contributed by atoms with Gasteiger partial charge in [0.1, 0.15) is 4.75 Å². The third kappa shape index (κ3) is 3.85. The minimum absolute atomic E-state index is 0.0638. The number of likely N-dealkylation sites (tertiary alicyclic amines) is 1. The molecular weight excluding hydrogens is 392 g/mol. The van der Waals surface area contributed by atoms with Crippen LogP contribution >= 0.6 is 11.8 Å². The van der Waals surface area contributed by atoms with E-state index >= 15 is 0 Å². The highest BCUT2D eigenvalue weighted by Crippen LogP contribution is 2.52. The second-order valence-electron chi connectivity index (χ2n) is 7.67. The third-order valence-electron chi connectivity index (χ3n) is 5.54. The molecule has 0 saturated carbocycles. The Hall–Kier alpha value is -3.05. The van der Waals surface area contributed by atoms with Gasteiger partial charge in [-0.3, -0.25) is 9.59 Å². The van der Waals surface area contributed by atoms with E-state index in [9.17, 15) is 9.59 Å². The molecule has 0 bridgehead atoms. The minimum atomic E-state index is -1.08. The first kappa shape index (κ1) is 20.2. The van der Waals surface area contributed by atoms with Gasteiger partial charge in [0, 0.05) is 11.4 Å². The van der Waals surface area contributed by atoms with E-state index in [0.717, 1.165) is 21.6 Å². The Bertz CT molecular complexity index is 1040. The predicted molar refractivity (Wildman–Crippen MR) is 120 cm³/mol. The van der Waals surface area contributed by atoms with Crippen LogP contribution in [0.25, 0.3) is 0 Å². The number of carbonyl (C=O) groups excluding carboxylic acids is 2. The van der Waals surface area contributed by atoms with Gasteiger partial charge < -0.3 is 10.6 Å². The van der Waals surface area contributed by atoms with Crippen LogP contribution in [0.2, 0.25) is 0 Å². The zero-order valence-corrected chi connectivity index (χ0v) is 17.6. The zero-order valence-electron chi connectivity index (χ0n) is 16.8. The summed E-state index contributed by atoms with van der Waals surface area (Å²) in [6, 6.07) is 27.1. The number of benzene rings is 3. The number of primary amides is 1. The van der Waals surface area contributed by atoms with Crippen molar-refractivity contribution in [3.63, 3.8) is 0 Å². The van der Waals surface area contributed by atoms with Crippen LogP contribution in [0.4, 0.5) is 0 Å². The second kappa shape index (κ2) is 8.36. The standard InChI is InChI=1S/C25H24N2O2S/c1-18-12-14-21(15-13-18)30-25(24(26)29)16-22(28)27(17-19-8-4-2-5-9-19)23(25)20-10-6-3-7-11-20/h2-15,23H,16-17H2,1H3,(H2,26,29). The predicted octanol–water partition coefficient (Wildman–Crippen LogP) is 4.49. The number of carbonyl (C=O) groups is 2. The van der Waals surface area contributed by atoms with Crippen molar-refractivity contribution in [2.45, 2.75) is 35.6 Å². The highest BCUT2D eigenvalue weighted by molar-refractivity contribution is 8.01. The number of rotatable bonds is 6. The van der Waals surface area contributed by atoms with Crippen molar-refractivity contribution in [3.8, 4) is 0 Å². The molecule has 4 nitrogen and oxygen atoms in total. The molecule has 2 amide bonds. The Morgan fingerprint density at radius 2 is 1.60 bits per heavy atom. The van der Waals surface area contributed by atoms with E-state index < -0.39 is 16.7 Å². The number of thioether (sulfide) groups is 1. The summed E-state index contributed by atoms with van der Waals surface area (Å²) < 4.78 is -1.08. The summed E-state index contributed by atoms with van der Waals surface area (Å²) in [6.45, 7) is 2.45. The summed E-state index contributed by atoms with van der Waals surface area (Å²) in [7, 11) is 0. The molecule has 5 heteroatoms. The van der Waals surface area contributed by atoms with E-state index in [1.54, 1.807) is 4.90 Å². The number of nitrogens with zero attached hydrogens (tertiary/aromatic N) is 1. The van der Waals surface area contributed by atoms with Crippen molar-refractivity contribution in [1.82, 2.24) is 4.90 Å². The lowest BCUT2D eigenvalue weighted by atomic mass is 9.91. The fourth-order valence-electron chi connectivity index (χ4n) is 4.04. The fourth-order valence-corrected chi connectivity index (χ4v) is 5.41. The van der Waals surface area contributed by atoms with Crippen molar-refractivity contribution in [2.24, 2.45) is 5.73 Å². The fraction of sp³-hybridized carbons (Fsp3) is 0.200. The van der Waals surface area contributed by atoms with E-state index in [1.165, 1.54) is 11.8 Å². The quantitative estimate of drug-likeness (QED) is 0.644. The van der Waals surface area contributed by atoms with Gasteiger partial charge in [0.05, 0.1) is 12.5 Å². The maximum atomic E-state index is 13.2. The van der Waals surface area contributed by atoms with Crippen LogP contribution in [-0.2, 0) is 16.1 Å². The topological polar surface area (TPSA) is 63.4 Å². The first-order valence-corrected chi connectivity index (χ1v) is 10.8.